The van der Waals surface area contributed by atoms with E-state index in [1.165, 1.54) is 11.1 Å². The molecule has 108 valence electrons. The second kappa shape index (κ2) is 7.83. The first-order valence-corrected chi connectivity index (χ1v) is 10.5. The van der Waals surface area contributed by atoms with Gasteiger partial charge in [0.05, 0.1) is 6.61 Å². The van der Waals surface area contributed by atoms with Crippen LogP contribution in [0.5, 0.6) is 0 Å². The Morgan fingerprint density at radius 2 is 1.43 bits per heavy atom. The molecular formula is C19H22OSi. The molecule has 2 heteroatoms. The SMILES string of the molecule is C[Si](C)(C#CCOCc1ccccc1)Cc1ccccc1. The fourth-order valence-corrected chi connectivity index (χ4v) is 4.12. The lowest BCUT2D eigenvalue weighted by Crippen LogP contribution is -2.27. The molecular weight excluding hydrogens is 272 g/mol. The molecule has 2 aromatic carbocycles. The van der Waals surface area contributed by atoms with Crippen molar-refractivity contribution >= 4 is 8.07 Å². The molecule has 21 heavy (non-hydrogen) atoms. The molecule has 0 aliphatic rings. The van der Waals surface area contributed by atoms with Gasteiger partial charge in [0.1, 0.15) is 14.7 Å². The van der Waals surface area contributed by atoms with Crippen LogP contribution in [0.2, 0.25) is 13.1 Å². The molecule has 0 aliphatic heterocycles. The van der Waals surface area contributed by atoms with E-state index in [4.69, 9.17) is 4.74 Å². The Labute approximate surface area is 129 Å². The van der Waals surface area contributed by atoms with Crippen molar-refractivity contribution in [3.05, 3.63) is 71.8 Å². The van der Waals surface area contributed by atoms with Gasteiger partial charge in [-0.1, -0.05) is 79.7 Å². The molecule has 0 N–H and O–H groups in total. The summed E-state index contributed by atoms with van der Waals surface area (Å²) < 4.78 is 5.61. The lowest BCUT2D eigenvalue weighted by molar-refractivity contribution is 0.153. The van der Waals surface area contributed by atoms with Crippen molar-refractivity contribution in [3.8, 4) is 11.5 Å². The second-order valence-electron chi connectivity index (χ2n) is 5.83. The highest BCUT2D eigenvalue weighted by Crippen LogP contribution is 2.10. The summed E-state index contributed by atoms with van der Waals surface area (Å²) in [5, 5.41) is 0. The Balaban J connectivity index is 1.78. The highest BCUT2D eigenvalue weighted by atomic mass is 28.3. The first-order chi connectivity index (χ1) is 10.2. The lowest BCUT2D eigenvalue weighted by atomic mass is 10.2. The van der Waals surface area contributed by atoms with E-state index in [-0.39, 0.29) is 0 Å². The van der Waals surface area contributed by atoms with Gasteiger partial charge in [-0.25, -0.2) is 0 Å². The molecule has 0 aliphatic carbocycles. The minimum Gasteiger partial charge on any atom is -0.364 e. The van der Waals surface area contributed by atoms with Crippen molar-refractivity contribution in [2.24, 2.45) is 0 Å². The average Bonchev–Trinajstić information content (AvgIpc) is 2.48. The molecule has 0 unspecified atom stereocenters. The van der Waals surface area contributed by atoms with Gasteiger partial charge in [-0.15, -0.1) is 5.54 Å². The molecule has 0 radical (unpaired) electrons. The third-order valence-corrected chi connectivity index (χ3v) is 5.35. The molecule has 0 spiro atoms. The zero-order valence-electron chi connectivity index (χ0n) is 12.8. The molecule has 2 aromatic rings. The third-order valence-electron chi connectivity index (χ3n) is 3.20. The predicted molar refractivity (Wildman–Crippen MR) is 91.5 cm³/mol. The van der Waals surface area contributed by atoms with Crippen molar-refractivity contribution in [1.29, 1.82) is 0 Å². The van der Waals surface area contributed by atoms with Gasteiger partial charge in [0.2, 0.25) is 0 Å². The van der Waals surface area contributed by atoms with E-state index in [9.17, 15) is 0 Å². The third kappa shape index (κ3) is 5.99. The topological polar surface area (TPSA) is 9.23 Å². The number of rotatable bonds is 5. The Bertz CT molecular complexity index is 594. The smallest absolute Gasteiger partial charge is 0.136 e. The molecule has 2 rings (SSSR count). The van der Waals surface area contributed by atoms with Crippen LogP contribution in [-0.2, 0) is 17.4 Å². The molecule has 0 aromatic heterocycles. The number of hydrogen-bond acceptors (Lipinski definition) is 1. The van der Waals surface area contributed by atoms with Gasteiger partial charge in [0.15, 0.2) is 0 Å². The maximum atomic E-state index is 5.61. The molecule has 0 bridgehead atoms. The quantitative estimate of drug-likeness (QED) is 0.455. The molecule has 0 amide bonds. The van der Waals surface area contributed by atoms with E-state index in [0.717, 1.165) is 6.04 Å². The summed E-state index contributed by atoms with van der Waals surface area (Å²) in [5.74, 6) is 3.21. The summed E-state index contributed by atoms with van der Waals surface area (Å²) in [5.41, 5.74) is 6.04. The summed E-state index contributed by atoms with van der Waals surface area (Å²) in [6.07, 6.45) is 0. The first kappa shape index (κ1) is 15.6. The Morgan fingerprint density at radius 1 is 0.857 bits per heavy atom. The molecule has 0 atom stereocenters. The monoisotopic (exact) mass is 294 g/mol. The van der Waals surface area contributed by atoms with Gasteiger partial charge in [-0.2, -0.15) is 0 Å². The largest absolute Gasteiger partial charge is 0.364 e. The molecule has 0 heterocycles. The van der Waals surface area contributed by atoms with Crippen LogP contribution in [0.1, 0.15) is 11.1 Å². The van der Waals surface area contributed by atoms with Crippen LogP contribution in [0.3, 0.4) is 0 Å². The maximum absolute atomic E-state index is 5.61. The molecule has 1 nitrogen and oxygen atoms in total. The lowest BCUT2D eigenvalue weighted by Gasteiger charge is -2.14. The van der Waals surface area contributed by atoms with Crippen LogP contribution in [0.15, 0.2) is 60.7 Å². The van der Waals surface area contributed by atoms with Gasteiger partial charge in [-0.05, 0) is 17.2 Å². The Hall–Kier alpha value is -1.82. The van der Waals surface area contributed by atoms with Crippen molar-refractivity contribution in [1.82, 2.24) is 0 Å². The first-order valence-electron chi connectivity index (χ1n) is 7.31. The fourth-order valence-electron chi connectivity index (χ4n) is 2.22. The van der Waals surface area contributed by atoms with Crippen molar-refractivity contribution in [2.45, 2.75) is 25.7 Å². The standard InChI is InChI=1S/C19H22OSi/c1-21(2,17-19-12-7-4-8-13-19)15-9-14-20-16-18-10-5-3-6-11-18/h3-8,10-13H,14,16-17H2,1-2H3. The minimum absolute atomic E-state index is 0.514. The Morgan fingerprint density at radius 3 is 2.05 bits per heavy atom. The van der Waals surface area contributed by atoms with Crippen molar-refractivity contribution < 1.29 is 4.74 Å². The Kier molecular flexibility index (Phi) is 5.80. The zero-order chi connectivity index (χ0) is 15.0. The minimum atomic E-state index is -1.51. The zero-order valence-corrected chi connectivity index (χ0v) is 13.8. The summed E-state index contributed by atoms with van der Waals surface area (Å²) in [4.78, 5) is 0. The highest BCUT2D eigenvalue weighted by molar-refractivity contribution is 6.84. The summed E-state index contributed by atoms with van der Waals surface area (Å²) in [7, 11) is -1.51. The number of ether oxygens (including phenoxy) is 1. The van der Waals surface area contributed by atoms with E-state index in [2.05, 4.69) is 67.0 Å². The fraction of sp³-hybridized carbons (Fsp3) is 0.263. The van der Waals surface area contributed by atoms with E-state index in [0.29, 0.717) is 13.2 Å². The summed E-state index contributed by atoms with van der Waals surface area (Å²) in [6.45, 7) is 5.77. The van der Waals surface area contributed by atoms with Gasteiger partial charge in [0.25, 0.3) is 0 Å². The predicted octanol–water partition coefficient (Wildman–Crippen LogP) is 4.24. The summed E-state index contributed by atoms with van der Waals surface area (Å²) in [6, 6.07) is 21.9. The van der Waals surface area contributed by atoms with E-state index in [1.54, 1.807) is 0 Å². The van der Waals surface area contributed by atoms with Gasteiger partial charge in [-0.3, -0.25) is 0 Å². The average molecular weight is 294 g/mol. The number of benzene rings is 2. The van der Waals surface area contributed by atoms with Crippen LogP contribution < -0.4 is 0 Å². The van der Waals surface area contributed by atoms with Gasteiger partial charge >= 0.3 is 0 Å². The van der Waals surface area contributed by atoms with E-state index >= 15 is 0 Å². The van der Waals surface area contributed by atoms with Crippen LogP contribution in [0, 0.1) is 11.5 Å². The van der Waals surface area contributed by atoms with Crippen molar-refractivity contribution in [2.75, 3.05) is 6.61 Å². The number of hydrogen-bond donors (Lipinski definition) is 0. The molecule has 0 saturated heterocycles. The highest BCUT2D eigenvalue weighted by Gasteiger charge is 2.18. The maximum Gasteiger partial charge on any atom is 0.136 e. The van der Waals surface area contributed by atoms with E-state index < -0.39 is 8.07 Å². The van der Waals surface area contributed by atoms with Crippen LogP contribution in [0.4, 0.5) is 0 Å². The van der Waals surface area contributed by atoms with Crippen LogP contribution >= 0.6 is 0 Å². The van der Waals surface area contributed by atoms with Crippen molar-refractivity contribution in [3.63, 3.8) is 0 Å². The van der Waals surface area contributed by atoms with E-state index in [1.807, 2.05) is 18.2 Å². The molecule has 0 fully saturated rings. The van der Waals surface area contributed by atoms with Crippen LogP contribution in [0.25, 0.3) is 0 Å². The normalized spacial score (nSPS) is 10.8. The van der Waals surface area contributed by atoms with Gasteiger partial charge < -0.3 is 4.74 Å². The summed E-state index contributed by atoms with van der Waals surface area (Å²) >= 11 is 0. The second-order valence-corrected chi connectivity index (χ2v) is 10.2. The molecule has 0 saturated carbocycles. The van der Waals surface area contributed by atoms with Crippen LogP contribution in [-0.4, -0.2) is 14.7 Å². The van der Waals surface area contributed by atoms with Gasteiger partial charge in [0, 0.05) is 0 Å².